The maximum atomic E-state index is 12.9. The van der Waals surface area contributed by atoms with Gasteiger partial charge in [-0.05, 0) is 0 Å². The summed E-state index contributed by atoms with van der Waals surface area (Å²) in [7, 11) is -8.45. The fourth-order valence-corrected chi connectivity index (χ4v) is 6.84. The predicted octanol–water partition coefficient (Wildman–Crippen LogP) is 1.05. The molecule has 0 bridgehead atoms. The molecule has 17 heteroatoms. The Morgan fingerprint density at radius 1 is 0.765 bits per heavy atom. The van der Waals surface area contributed by atoms with Crippen molar-refractivity contribution >= 4 is 49.5 Å². The molecule has 2 atom stereocenters. The largest absolute Gasteiger partial charge is 0.492 e. The van der Waals surface area contributed by atoms with Crippen LogP contribution < -0.4 is 0 Å². The Hall–Kier alpha value is -2.05. The van der Waals surface area contributed by atoms with E-state index in [0.29, 0.717) is 0 Å². The third kappa shape index (κ3) is 10.9. The maximum absolute atomic E-state index is 12.9. The van der Waals surface area contributed by atoms with E-state index in [1.807, 2.05) is 0 Å². The fraction of sp³-hybridized carbons (Fsp3) is 0.471. The van der Waals surface area contributed by atoms with Crippen LogP contribution in [0.2, 0.25) is 0 Å². The van der Waals surface area contributed by atoms with E-state index < -0.39 is 42.2 Å². The van der Waals surface area contributed by atoms with Crippen LogP contribution in [0.15, 0.2) is 24.8 Å². The van der Waals surface area contributed by atoms with E-state index in [1.165, 1.54) is 12.4 Å². The highest BCUT2D eigenvalue weighted by Crippen LogP contribution is 2.36. The van der Waals surface area contributed by atoms with Crippen molar-refractivity contribution in [3.05, 3.63) is 36.2 Å². The summed E-state index contributed by atoms with van der Waals surface area (Å²) < 4.78 is 62.1. The van der Waals surface area contributed by atoms with E-state index in [0.717, 1.165) is 35.9 Å². The van der Waals surface area contributed by atoms with Crippen LogP contribution in [0.25, 0.3) is 0 Å². The molecule has 0 aliphatic carbocycles. The quantitative estimate of drug-likeness (QED) is 0.240. The lowest BCUT2D eigenvalue weighted by Crippen LogP contribution is -2.14. The molecule has 0 saturated carbocycles. The Balaban J connectivity index is 2.17. The van der Waals surface area contributed by atoms with E-state index in [-0.39, 0.29) is 53.3 Å². The van der Waals surface area contributed by atoms with Gasteiger partial charge in [-0.3, -0.25) is 23.9 Å². The molecule has 2 aromatic heterocycles. The van der Waals surface area contributed by atoms with Crippen LogP contribution in [-0.4, -0.2) is 84.9 Å². The minimum absolute atomic E-state index is 0.0569. The summed E-state index contributed by atoms with van der Waals surface area (Å²) in [5.74, 6) is -2.34. The zero-order valence-electron chi connectivity index (χ0n) is 17.5. The van der Waals surface area contributed by atoms with Gasteiger partial charge in [0.05, 0.1) is 45.8 Å². The molecule has 188 valence electrons. The lowest BCUT2D eigenvalue weighted by molar-refractivity contribution is -0.119. The Morgan fingerprint density at radius 3 is 1.47 bits per heavy atom. The van der Waals surface area contributed by atoms with Gasteiger partial charge in [0, 0.05) is 36.7 Å². The number of nitrogens with zero attached hydrogens (tertiary/aromatic N) is 4. The number of aromatic hydroxyl groups is 2. The van der Waals surface area contributed by atoms with Crippen LogP contribution in [0.5, 0.6) is 11.8 Å². The molecule has 0 aliphatic heterocycles. The number of carbonyl (C=O) groups excluding carboxylic acids is 1. The normalized spacial score (nSPS) is 13.9. The molecule has 0 spiro atoms. The molecule has 0 amide bonds. The van der Waals surface area contributed by atoms with Crippen molar-refractivity contribution in [3.63, 3.8) is 0 Å². The Kier molecular flexibility index (Phi) is 10.4. The zero-order chi connectivity index (χ0) is 25.4. The van der Waals surface area contributed by atoms with E-state index in [1.54, 1.807) is 0 Å². The van der Waals surface area contributed by atoms with Crippen molar-refractivity contribution in [1.29, 1.82) is 0 Å². The molecule has 34 heavy (non-hydrogen) atoms. The van der Waals surface area contributed by atoms with Gasteiger partial charge in [-0.15, -0.1) is 0 Å². The van der Waals surface area contributed by atoms with Crippen LogP contribution in [0, 0.1) is 0 Å². The van der Waals surface area contributed by atoms with E-state index >= 15 is 0 Å². The van der Waals surface area contributed by atoms with Gasteiger partial charge in [-0.25, -0.2) is 9.97 Å². The van der Waals surface area contributed by atoms with Gasteiger partial charge in [0.15, 0.2) is 0 Å². The number of ketones is 1. The summed E-state index contributed by atoms with van der Waals surface area (Å²) in [4.78, 5) is 28.4. The molecule has 0 fully saturated rings. The molecule has 13 nitrogen and oxygen atoms in total. The number of hydrogen-bond donors (Lipinski definition) is 4. The van der Waals surface area contributed by atoms with Gasteiger partial charge in [-0.1, -0.05) is 0 Å². The van der Waals surface area contributed by atoms with Gasteiger partial charge < -0.3 is 10.2 Å². The summed E-state index contributed by atoms with van der Waals surface area (Å²) in [6.45, 7) is 0. The predicted molar refractivity (Wildman–Crippen MR) is 125 cm³/mol. The smallest absolute Gasteiger partial charge is 0.265 e. The molecule has 0 aromatic carbocycles. The number of thioether (sulfide) groups is 2. The summed E-state index contributed by atoms with van der Waals surface area (Å²) in [6.07, 6.45) is 4.50. The SMILES string of the molecule is O=C(CC(SCCS(=O)(=O)O)c1cncc(O)n1)CC(SCCS(=O)(=O)O)c1cncc(O)n1. The first kappa shape index (κ1) is 28.2. The summed E-state index contributed by atoms with van der Waals surface area (Å²) >= 11 is 2.05. The zero-order valence-corrected chi connectivity index (χ0v) is 20.7. The van der Waals surface area contributed by atoms with E-state index in [9.17, 15) is 31.8 Å². The topological polar surface area (TPSA) is 218 Å². The Labute approximate surface area is 204 Å². The summed E-state index contributed by atoms with van der Waals surface area (Å²) in [6, 6.07) is 0. The second-order valence-electron chi connectivity index (χ2n) is 6.84. The molecular weight excluding hydrogens is 532 g/mol. The van der Waals surface area contributed by atoms with Crippen molar-refractivity contribution in [2.45, 2.75) is 23.3 Å². The molecular formula is C17H22N4O9S4. The van der Waals surface area contributed by atoms with E-state index in [4.69, 9.17) is 9.11 Å². The van der Waals surface area contributed by atoms with Crippen LogP contribution in [-0.2, 0) is 25.0 Å². The average molecular weight is 555 g/mol. The lowest BCUT2D eigenvalue weighted by atomic mass is 10.1. The monoisotopic (exact) mass is 554 g/mol. The van der Waals surface area contributed by atoms with Gasteiger partial charge in [0.2, 0.25) is 11.8 Å². The number of rotatable bonds is 14. The second kappa shape index (κ2) is 12.6. The number of carbonyl (C=O) groups is 1. The number of hydrogen-bond acceptors (Lipinski definition) is 13. The minimum atomic E-state index is -4.22. The van der Waals surface area contributed by atoms with Crippen molar-refractivity contribution < 1.29 is 40.9 Å². The lowest BCUT2D eigenvalue weighted by Gasteiger charge is -2.18. The molecule has 4 N–H and O–H groups in total. The molecule has 2 rings (SSSR count). The molecule has 2 aromatic rings. The molecule has 0 aliphatic rings. The van der Waals surface area contributed by atoms with Crippen LogP contribution in [0.3, 0.4) is 0 Å². The first-order valence-corrected chi connectivity index (χ1v) is 14.8. The summed E-state index contributed by atoms with van der Waals surface area (Å²) in [5.41, 5.74) is 0.447. The third-order valence-electron chi connectivity index (χ3n) is 4.09. The number of aromatic nitrogens is 4. The highest BCUT2D eigenvalue weighted by molar-refractivity contribution is 8.00. The molecule has 2 unspecified atom stereocenters. The first-order chi connectivity index (χ1) is 15.8. The highest BCUT2D eigenvalue weighted by Gasteiger charge is 2.25. The Morgan fingerprint density at radius 2 is 1.15 bits per heavy atom. The van der Waals surface area contributed by atoms with Crippen molar-refractivity contribution in [1.82, 2.24) is 19.9 Å². The number of Topliss-reactive ketones (excluding diaryl/α,β-unsaturated/α-hetero) is 1. The van der Waals surface area contributed by atoms with Crippen molar-refractivity contribution in [2.24, 2.45) is 0 Å². The van der Waals surface area contributed by atoms with Gasteiger partial charge >= 0.3 is 0 Å². The van der Waals surface area contributed by atoms with Crippen LogP contribution >= 0.6 is 23.5 Å². The molecule has 2 heterocycles. The van der Waals surface area contributed by atoms with Crippen molar-refractivity contribution in [3.8, 4) is 11.8 Å². The standard InChI is InChI=1S/C17H22N4O9S4/c22-11(5-14(31-1-3-33(25,26)27)12-7-18-9-16(23)20-12)6-15(32-2-4-34(28,29)30)13-8-19-10-17(24)21-13/h7-10,14-15H,1-6H2,(H,20,23)(H,21,24)(H,25,26,27)(H,28,29,30). The summed E-state index contributed by atoms with van der Waals surface area (Å²) in [5, 5.41) is 17.8. The van der Waals surface area contributed by atoms with Crippen LogP contribution in [0.4, 0.5) is 0 Å². The van der Waals surface area contributed by atoms with E-state index in [2.05, 4.69) is 19.9 Å². The Bertz CT molecular complexity index is 1100. The minimum Gasteiger partial charge on any atom is -0.492 e. The van der Waals surface area contributed by atoms with Crippen molar-refractivity contribution in [2.75, 3.05) is 23.0 Å². The van der Waals surface area contributed by atoms with Gasteiger partial charge in [0.1, 0.15) is 5.78 Å². The molecule has 0 radical (unpaired) electrons. The second-order valence-corrected chi connectivity index (χ2v) is 12.6. The third-order valence-corrected chi connectivity index (χ3v) is 8.55. The van der Waals surface area contributed by atoms with Crippen LogP contribution in [0.1, 0.15) is 34.7 Å². The first-order valence-electron chi connectivity index (χ1n) is 9.49. The fourth-order valence-electron chi connectivity index (χ4n) is 2.64. The molecule has 0 saturated heterocycles. The van der Waals surface area contributed by atoms with Gasteiger partial charge in [0.25, 0.3) is 20.2 Å². The average Bonchev–Trinajstić information content (AvgIpc) is 2.70. The maximum Gasteiger partial charge on any atom is 0.265 e. The highest BCUT2D eigenvalue weighted by atomic mass is 32.2. The van der Waals surface area contributed by atoms with Gasteiger partial charge in [-0.2, -0.15) is 40.4 Å².